The summed E-state index contributed by atoms with van der Waals surface area (Å²) in [5, 5.41) is 0. The molecule has 0 saturated heterocycles. The summed E-state index contributed by atoms with van der Waals surface area (Å²) in [5.41, 5.74) is 0.180. The number of imidazole rings is 1. The molecule has 0 atom stereocenters. The number of aryl methyl sites for hydroxylation is 2. The number of esters is 1. The van der Waals surface area contributed by atoms with Crippen LogP contribution in [0.1, 0.15) is 13.8 Å². The second kappa shape index (κ2) is 7.39. The van der Waals surface area contributed by atoms with Crippen molar-refractivity contribution in [3.63, 3.8) is 0 Å². The lowest BCUT2D eigenvalue weighted by atomic mass is 10.5. The van der Waals surface area contributed by atoms with Gasteiger partial charge in [-0.3, -0.25) is 18.7 Å². The molecule has 0 saturated carbocycles. The fraction of sp³-hybridized carbons (Fsp3) is 0.500. The van der Waals surface area contributed by atoms with E-state index in [0.29, 0.717) is 17.8 Å². The zero-order valence-electron chi connectivity index (χ0n) is 12.7. The molecule has 2 heterocycles. The molecule has 0 spiro atoms. The topological polar surface area (TPSA) is 120 Å². The summed E-state index contributed by atoms with van der Waals surface area (Å²) in [5.74, 6) is -0.211. The van der Waals surface area contributed by atoms with Crippen LogP contribution in [0.3, 0.4) is 0 Å². The first-order valence-electron chi connectivity index (χ1n) is 6.01. The summed E-state index contributed by atoms with van der Waals surface area (Å²) in [6.07, 6.45) is 1.52. The first kappa shape index (κ1) is 18.6. The van der Waals surface area contributed by atoms with E-state index in [1.54, 1.807) is 25.6 Å². The van der Waals surface area contributed by atoms with Gasteiger partial charge in [0.15, 0.2) is 11.2 Å². The van der Waals surface area contributed by atoms with Crippen molar-refractivity contribution in [2.75, 3.05) is 6.61 Å². The highest BCUT2D eigenvalue weighted by Gasteiger charge is 2.11. The van der Waals surface area contributed by atoms with E-state index in [2.05, 4.69) is 9.72 Å². The minimum absolute atomic E-state index is 0. The lowest BCUT2D eigenvalue weighted by Gasteiger charge is -2.02. The van der Waals surface area contributed by atoms with Gasteiger partial charge in [0.2, 0.25) is 0 Å². The number of carbonyl (C=O) groups excluding carboxylic acids is 1. The smallest absolute Gasteiger partial charge is 0.332 e. The first-order valence-corrected chi connectivity index (χ1v) is 6.01. The molecule has 0 aliphatic rings. The average molecular weight is 300 g/mol. The second-order valence-corrected chi connectivity index (χ2v) is 4.16. The Morgan fingerprint density at radius 2 is 1.81 bits per heavy atom. The summed E-state index contributed by atoms with van der Waals surface area (Å²) in [7, 11) is 4.77. The van der Waals surface area contributed by atoms with Gasteiger partial charge in [-0.2, -0.15) is 0 Å². The van der Waals surface area contributed by atoms with E-state index in [1.807, 2.05) is 0 Å². The Labute approximate surface area is 120 Å². The quantitative estimate of drug-likeness (QED) is 0.607. The molecule has 0 bridgehead atoms. The zero-order valence-corrected chi connectivity index (χ0v) is 12.7. The van der Waals surface area contributed by atoms with Gasteiger partial charge >= 0.3 is 11.7 Å². The number of fused-ring (bicyclic) bond motifs is 1. The average Bonchev–Trinajstić information content (AvgIpc) is 2.76. The molecule has 0 unspecified atom stereocenters. The standard InChI is InChI=1S/C8H10N4O2.C4H8O2.H2O/c1-10-4-9-6-5(10)7(13)12(3)8(14)11(6)2;1-3-6-4(2)5;/h4H,1-3H3;3H2,1-2H3;1H2. The molecule has 2 rings (SSSR count). The molecule has 2 aromatic heterocycles. The summed E-state index contributed by atoms with van der Waals surface area (Å²) >= 11 is 0. The molecule has 9 nitrogen and oxygen atoms in total. The Balaban J connectivity index is 0.000000495. The minimum Gasteiger partial charge on any atom is -0.466 e. The van der Waals surface area contributed by atoms with Crippen molar-refractivity contribution in [1.82, 2.24) is 18.7 Å². The van der Waals surface area contributed by atoms with E-state index in [1.165, 1.54) is 24.9 Å². The third kappa shape index (κ3) is 3.78. The Bertz CT molecular complexity index is 740. The molecule has 0 fully saturated rings. The summed E-state index contributed by atoms with van der Waals surface area (Å²) in [6.45, 7) is 3.65. The molecule has 0 aromatic carbocycles. The number of aromatic nitrogens is 4. The number of hydrogen-bond donors (Lipinski definition) is 0. The molecular formula is C12H20N4O5. The zero-order chi connectivity index (χ0) is 15.4. The molecule has 21 heavy (non-hydrogen) atoms. The van der Waals surface area contributed by atoms with Crippen LogP contribution >= 0.6 is 0 Å². The highest BCUT2D eigenvalue weighted by Crippen LogP contribution is 2.01. The maximum Gasteiger partial charge on any atom is 0.332 e. The molecule has 2 aromatic rings. The van der Waals surface area contributed by atoms with Crippen LogP contribution in [0.4, 0.5) is 0 Å². The SMILES string of the molecule is CCOC(C)=O.Cn1c(=O)c2c(ncn2C)n(C)c1=O.O. The molecule has 118 valence electrons. The van der Waals surface area contributed by atoms with Crippen LogP contribution in [0, 0.1) is 0 Å². The largest absolute Gasteiger partial charge is 0.466 e. The summed E-state index contributed by atoms with van der Waals surface area (Å²) in [6, 6.07) is 0. The third-order valence-corrected chi connectivity index (χ3v) is 2.66. The molecular weight excluding hydrogens is 280 g/mol. The predicted molar refractivity (Wildman–Crippen MR) is 77.1 cm³/mol. The van der Waals surface area contributed by atoms with Crippen LogP contribution in [0.25, 0.3) is 11.2 Å². The van der Waals surface area contributed by atoms with Gasteiger partial charge in [-0.25, -0.2) is 9.78 Å². The normalized spacial score (nSPS) is 9.57. The van der Waals surface area contributed by atoms with Crippen LogP contribution in [0.5, 0.6) is 0 Å². The second-order valence-electron chi connectivity index (χ2n) is 4.16. The molecule has 0 amide bonds. The van der Waals surface area contributed by atoms with E-state index in [-0.39, 0.29) is 22.7 Å². The maximum absolute atomic E-state index is 11.7. The maximum atomic E-state index is 11.7. The van der Waals surface area contributed by atoms with Crippen molar-refractivity contribution in [2.24, 2.45) is 21.1 Å². The van der Waals surface area contributed by atoms with Crippen molar-refractivity contribution in [3.8, 4) is 0 Å². The van der Waals surface area contributed by atoms with Crippen molar-refractivity contribution in [3.05, 3.63) is 27.2 Å². The number of hydrogen-bond acceptors (Lipinski definition) is 5. The first-order chi connectivity index (χ1) is 9.31. The van der Waals surface area contributed by atoms with Crippen LogP contribution < -0.4 is 11.2 Å². The fourth-order valence-electron chi connectivity index (χ4n) is 1.67. The van der Waals surface area contributed by atoms with E-state index >= 15 is 0 Å². The molecule has 0 aliphatic heterocycles. The number of rotatable bonds is 1. The van der Waals surface area contributed by atoms with Gasteiger partial charge in [-0.1, -0.05) is 0 Å². The Morgan fingerprint density at radius 1 is 1.24 bits per heavy atom. The van der Waals surface area contributed by atoms with Crippen molar-refractivity contribution in [2.45, 2.75) is 13.8 Å². The lowest BCUT2D eigenvalue weighted by molar-refractivity contribution is -0.140. The summed E-state index contributed by atoms with van der Waals surface area (Å²) in [4.78, 5) is 37.0. The highest BCUT2D eigenvalue weighted by molar-refractivity contribution is 5.69. The van der Waals surface area contributed by atoms with Gasteiger partial charge in [-0.15, -0.1) is 0 Å². The number of nitrogens with zero attached hydrogens (tertiary/aromatic N) is 4. The summed E-state index contributed by atoms with van der Waals surface area (Å²) < 4.78 is 8.44. The Hall–Kier alpha value is -2.42. The Morgan fingerprint density at radius 3 is 2.24 bits per heavy atom. The van der Waals surface area contributed by atoms with E-state index < -0.39 is 0 Å². The monoisotopic (exact) mass is 300 g/mol. The van der Waals surface area contributed by atoms with Crippen molar-refractivity contribution < 1.29 is 15.0 Å². The number of ether oxygens (including phenoxy) is 1. The van der Waals surface area contributed by atoms with Gasteiger partial charge in [-0.05, 0) is 6.92 Å². The molecule has 9 heteroatoms. The van der Waals surface area contributed by atoms with Crippen LogP contribution in [-0.2, 0) is 30.7 Å². The lowest BCUT2D eigenvalue weighted by Crippen LogP contribution is -2.37. The minimum atomic E-state index is -0.360. The molecule has 0 aliphatic carbocycles. The van der Waals surface area contributed by atoms with Gasteiger partial charge in [0, 0.05) is 28.1 Å². The third-order valence-electron chi connectivity index (χ3n) is 2.66. The van der Waals surface area contributed by atoms with Crippen LogP contribution in [0.2, 0.25) is 0 Å². The van der Waals surface area contributed by atoms with Crippen molar-refractivity contribution >= 4 is 17.1 Å². The van der Waals surface area contributed by atoms with Gasteiger partial charge in [0.1, 0.15) is 0 Å². The molecule has 2 N–H and O–H groups in total. The van der Waals surface area contributed by atoms with E-state index in [4.69, 9.17) is 0 Å². The Kier molecular flexibility index (Phi) is 6.53. The fourth-order valence-corrected chi connectivity index (χ4v) is 1.67. The van der Waals surface area contributed by atoms with E-state index in [9.17, 15) is 14.4 Å². The van der Waals surface area contributed by atoms with E-state index in [0.717, 1.165) is 4.57 Å². The van der Waals surface area contributed by atoms with Gasteiger partial charge < -0.3 is 14.8 Å². The van der Waals surface area contributed by atoms with Crippen molar-refractivity contribution in [1.29, 1.82) is 0 Å². The van der Waals surface area contributed by atoms with Crippen LogP contribution in [-0.4, -0.2) is 36.7 Å². The predicted octanol–water partition coefficient (Wildman–Crippen LogP) is -1.28. The van der Waals surface area contributed by atoms with Crippen LogP contribution in [0.15, 0.2) is 15.9 Å². The number of carbonyl (C=O) groups is 1. The van der Waals surface area contributed by atoms with Gasteiger partial charge in [0.05, 0.1) is 12.9 Å². The highest BCUT2D eigenvalue weighted by atomic mass is 16.5. The molecule has 0 radical (unpaired) electrons. The van der Waals surface area contributed by atoms with Gasteiger partial charge in [0.25, 0.3) is 5.56 Å².